The molecule has 5 rings (SSSR count). The van der Waals surface area contributed by atoms with Crippen molar-refractivity contribution >= 4 is 51.9 Å². The van der Waals surface area contributed by atoms with Crippen LogP contribution in [0.15, 0.2) is 59.8 Å². The van der Waals surface area contributed by atoms with Crippen LogP contribution in [0.5, 0.6) is 11.5 Å². The zero-order valence-electron chi connectivity index (χ0n) is 32.2. The van der Waals surface area contributed by atoms with Crippen LogP contribution in [0.2, 0.25) is 0 Å². The fraction of sp³-hybridized carbons (Fsp3) is 0.537. The largest absolute Gasteiger partial charge is 0.456 e. The minimum absolute atomic E-state index is 0.0413. The molecule has 1 fully saturated rings. The average Bonchev–Trinajstić information content (AvgIpc) is 3.62. The van der Waals surface area contributed by atoms with E-state index >= 15 is 0 Å². The molecule has 0 aliphatic carbocycles. The molecule has 2 aromatic rings. The van der Waals surface area contributed by atoms with Gasteiger partial charge in [0.05, 0.1) is 5.92 Å². The molecule has 11 nitrogen and oxygen atoms in total. The summed E-state index contributed by atoms with van der Waals surface area (Å²) in [5.74, 6) is -0.242. The maximum Gasteiger partial charge on any atom is 0.355 e. The Morgan fingerprint density at radius 2 is 1.61 bits per heavy atom. The van der Waals surface area contributed by atoms with E-state index in [1.54, 1.807) is 6.92 Å². The number of hydrogen-bond donors (Lipinski definition) is 1. The predicted molar refractivity (Wildman–Crippen MR) is 210 cm³/mol. The first-order valence-electron chi connectivity index (χ1n) is 18.8. The van der Waals surface area contributed by atoms with Crippen LogP contribution in [0.1, 0.15) is 97.6 Å². The molecule has 294 valence electrons. The second-order valence-electron chi connectivity index (χ2n) is 14.1. The number of unbranched alkanes of at least 4 members (excludes halogenated alkanes) is 5. The molecule has 3 heterocycles. The topological polar surface area (TPSA) is 145 Å². The number of fused-ring (bicyclic) bond motifs is 2. The zero-order valence-corrected chi connectivity index (χ0v) is 33.9. The van der Waals surface area contributed by atoms with Gasteiger partial charge in [-0.25, -0.2) is 4.79 Å². The molecule has 2 amide bonds. The number of nitrogens with one attached hydrogen (secondary N) is 1. The zero-order chi connectivity index (χ0) is 39.4. The summed E-state index contributed by atoms with van der Waals surface area (Å²) in [6.45, 7) is 10.4. The number of ether oxygens (including phenoxy) is 3. The highest BCUT2D eigenvalue weighted by Crippen LogP contribution is 2.46. The Balaban J connectivity index is 0.000000258. The molecule has 4 unspecified atom stereocenters. The molecule has 1 saturated heterocycles. The monoisotopic (exact) mass is 782 g/mol. The third-order valence-electron chi connectivity index (χ3n) is 9.75. The quantitative estimate of drug-likeness (QED) is 0.0777. The van der Waals surface area contributed by atoms with Crippen LogP contribution in [-0.2, 0) is 52.5 Å². The van der Waals surface area contributed by atoms with Crippen LogP contribution < -0.4 is 14.8 Å². The molecular weight excluding hydrogens is 729 g/mol. The standard InChI is InChI=1S/C23H26N2O6S.C18H28O3S/c1-12-18(10-17(13(2)26)14(3)27)32-22-19(24-15(4)28)21(29)25(22)20(12)23(30)31-11-16-8-6-5-7-9-16;1-3-4-5-6-7-8-11-22(19)15(2)12-16-9-10-17-18(13-16)21-14-20-17/h5-9,17-19,22H,10-11H2,1-4H3,(H,24,28);9-10,13,15H,3-8,11-12,14H2,1-2H3/t18?,19?,22-;/m1./s1. The third kappa shape index (κ3) is 11.5. The highest BCUT2D eigenvalue weighted by Gasteiger charge is 2.56. The Morgan fingerprint density at radius 1 is 0.944 bits per heavy atom. The van der Waals surface area contributed by atoms with Crippen LogP contribution in [0.3, 0.4) is 0 Å². The average molecular weight is 783 g/mol. The number of thioether (sulfide) groups is 1. The first kappa shape index (κ1) is 42.8. The second kappa shape index (κ2) is 20.6. The van der Waals surface area contributed by atoms with E-state index in [1.807, 2.05) is 48.5 Å². The Kier molecular flexibility index (Phi) is 16.3. The maximum atomic E-state index is 13.0. The summed E-state index contributed by atoms with van der Waals surface area (Å²) < 4.78 is 28.5. The first-order valence-corrected chi connectivity index (χ1v) is 21.1. The van der Waals surface area contributed by atoms with E-state index in [9.17, 15) is 28.2 Å². The fourth-order valence-electron chi connectivity index (χ4n) is 6.64. The molecule has 0 saturated carbocycles. The van der Waals surface area contributed by atoms with Crippen LogP contribution in [0, 0.1) is 5.92 Å². The highest BCUT2D eigenvalue weighted by atomic mass is 32.2. The lowest BCUT2D eigenvalue weighted by atomic mass is 9.91. The summed E-state index contributed by atoms with van der Waals surface area (Å²) >= 11 is 1.36. The maximum absolute atomic E-state index is 13.0. The van der Waals surface area contributed by atoms with Gasteiger partial charge in [0.15, 0.2) is 11.5 Å². The van der Waals surface area contributed by atoms with Gasteiger partial charge in [-0.3, -0.25) is 28.3 Å². The van der Waals surface area contributed by atoms with Crippen molar-refractivity contribution in [2.75, 3.05) is 12.5 Å². The van der Waals surface area contributed by atoms with Crippen molar-refractivity contribution in [3.63, 3.8) is 0 Å². The minimum Gasteiger partial charge on any atom is -0.456 e. The number of nitrogens with zero attached hydrogens (tertiary/aromatic N) is 1. The van der Waals surface area contributed by atoms with Crippen molar-refractivity contribution in [1.29, 1.82) is 0 Å². The van der Waals surface area contributed by atoms with Gasteiger partial charge in [-0.2, -0.15) is 0 Å². The summed E-state index contributed by atoms with van der Waals surface area (Å²) in [5, 5.41) is 1.93. The van der Waals surface area contributed by atoms with Gasteiger partial charge < -0.3 is 19.5 Å². The number of ketones is 2. The van der Waals surface area contributed by atoms with E-state index in [2.05, 4.69) is 19.2 Å². The second-order valence-corrected chi connectivity index (χ2v) is 17.4. The molecular formula is C41H54N2O9S2. The number of rotatable bonds is 18. The van der Waals surface area contributed by atoms with E-state index in [0.29, 0.717) is 12.4 Å². The van der Waals surface area contributed by atoms with Gasteiger partial charge >= 0.3 is 5.97 Å². The molecule has 0 bridgehead atoms. The van der Waals surface area contributed by atoms with E-state index < -0.39 is 40.0 Å². The molecule has 0 spiro atoms. The summed E-state index contributed by atoms with van der Waals surface area (Å²) in [6.07, 6.45) is 8.53. The van der Waals surface area contributed by atoms with Crippen LogP contribution >= 0.6 is 11.8 Å². The summed E-state index contributed by atoms with van der Waals surface area (Å²) in [6, 6.07) is 14.4. The van der Waals surface area contributed by atoms with Crippen LogP contribution in [-0.4, -0.2) is 72.9 Å². The molecule has 0 aromatic heterocycles. The van der Waals surface area contributed by atoms with Gasteiger partial charge in [0, 0.05) is 34.0 Å². The number of benzene rings is 2. The van der Waals surface area contributed by atoms with Crippen molar-refractivity contribution in [2.24, 2.45) is 5.92 Å². The van der Waals surface area contributed by atoms with Crippen LogP contribution in [0.4, 0.5) is 0 Å². The van der Waals surface area contributed by atoms with Crippen molar-refractivity contribution in [1.82, 2.24) is 10.2 Å². The van der Waals surface area contributed by atoms with Crippen molar-refractivity contribution in [2.45, 2.75) is 121 Å². The Labute approximate surface area is 325 Å². The number of esters is 1. The Bertz CT molecular complexity index is 1700. The number of hydrogen-bond acceptors (Lipinski definition) is 10. The van der Waals surface area contributed by atoms with E-state index in [-0.39, 0.29) is 46.7 Å². The van der Waals surface area contributed by atoms with Gasteiger partial charge in [-0.15, -0.1) is 11.8 Å². The van der Waals surface area contributed by atoms with E-state index in [4.69, 9.17) is 14.2 Å². The third-order valence-corrected chi connectivity index (χ3v) is 13.1. The lowest BCUT2D eigenvalue weighted by Gasteiger charge is -2.51. The smallest absolute Gasteiger partial charge is 0.355 e. The van der Waals surface area contributed by atoms with Crippen LogP contribution in [0.25, 0.3) is 0 Å². The number of Topliss-reactive ketones (excluding diaryl/α,β-unsaturated/α-hetero) is 2. The Morgan fingerprint density at radius 3 is 2.28 bits per heavy atom. The van der Waals surface area contributed by atoms with Gasteiger partial charge in [0.1, 0.15) is 35.3 Å². The molecule has 3 aliphatic rings. The molecule has 5 atom stereocenters. The SMILES string of the molecule is CC(=O)NC1C(=O)N2C(C(=O)OCc3ccccc3)=C(C)C(CC(C(C)=O)C(C)=O)S[C@H]12.CCCCCCCCS(=O)C(C)Cc1ccc2c(c1)OCO2. The minimum atomic E-state index is -0.800. The molecule has 13 heteroatoms. The molecule has 3 aliphatic heterocycles. The Hall–Kier alpha value is -3.97. The van der Waals surface area contributed by atoms with Crippen molar-refractivity contribution < 1.29 is 42.4 Å². The number of β-lactam (4-membered cyclic amide) rings is 1. The first-order chi connectivity index (χ1) is 25.8. The molecule has 1 N–H and O–H groups in total. The number of amides is 2. The lowest BCUT2D eigenvalue weighted by Crippen LogP contribution is -2.71. The van der Waals surface area contributed by atoms with Gasteiger partial charge in [-0.1, -0.05) is 82.3 Å². The summed E-state index contributed by atoms with van der Waals surface area (Å²) in [5.41, 5.74) is 2.67. The molecule has 2 aromatic carbocycles. The summed E-state index contributed by atoms with van der Waals surface area (Å²) in [4.78, 5) is 62.7. The molecule has 54 heavy (non-hydrogen) atoms. The predicted octanol–water partition coefficient (Wildman–Crippen LogP) is 6.43. The molecule has 0 radical (unpaired) electrons. The summed E-state index contributed by atoms with van der Waals surface area (Å²) in [7, 11) is -0.743. The number of carbonyl (C=O) groups excluding carboxylic acids is 5. The van der Waals surface area contributed by atoms with Gasteiger partial charge in [-0.05, 0) is 68.9 Å². The van der Waals surface area contributed by atoms with E-state index in [0.717, 1.165) is 35.7 Å². The van der Waals surface area contributed by atoms with Crippen molar-refractivity contribution in [3.05, 3.63) is 70.9 Å². The van der Waals surface area contributed by atoms with Gasteiger partial charge in [0.2, 0.25) is 12.7 Å². The fourth-order valence-corrected chi connectivity index (χ4v) is 9.54. The van der Waals surface area contributed by atoms with Crippen molar-refractivity contribution in [3.8, 4) is 11.5 Å². The van der Waals surface area contributed by atoms with Gasteiger partial charge in [0.25, 0.3) is 5.91 Å². The van der Waals surface area contributed by atoms with E-state index in [1.165, 1.54) is 75.1 Å². The normalized spacial score (nSPS) is 19.6. The number of carbonyl (C=O) groups is 5. The highest BCUT2D eigenvalue weighted by molar-refractivity contribution is 8.00. The lowest BCUT2D eigenvalue weighted by molar-refractivity contribution is -0.153.